The summed E-state index contributed by atoms with van der Waals surface area (Å²) >= 11 is 3.22. The molecular weight excluding hydrogens is 394 g/mol. The van der Waals surface area contributed by atoms with Crippen molar-refractivity contribution in [1.82, 2.24) is 15.1 Å². The van der Waals surface area contributed by atoms with E-state index >= 15 is 0 Å². The molecule has 0 fully saturated rings. The standard InChI is InChI=1S/C20H22BrN3O2/c1-24(20(25)16-12-19(21)26-14-16)11-7-3-6-10-17-13-18(23-22-17)15-8-4-2-5-9-15/h2,4-5,8-9,12-14H,3,6-7,10-11H2,1H3,(H,22,23). The number of aromatic amines is 1. The highest BCUT2D eigenvalue weighted by Gasteiger charge is 2.13. The van der Waals surface area contributed by atoms with Gasteiger partial charge < -0.3 is 9.32 Å². The number of rotatable bonds is 8. The van der Waals surface area contributed by atoms with Crippen LogP contribution < -0.4 is 0 Å². The number of H-pyrrole nitrogens is 1. The number of aryl methyl sites for hydroxylation is 1. The van der Waals surface area contributed by atoms with Crippen molar-refractivity contribution >= 4 is 21.8 Å². The van der Waals surface area contributed by atoms with Crippen molar-refractivity contribution in [3.8, 4) is 11.3 Å². The van der Waals surface area contributed by atoms with E-state index < -0.39 is 0 Å². The van der Waals surface area contributed by atoms with Gasteiger partial charge in [-0.15, -0.1) is 0 Å². The number of unbranched alkanes of at least 4 members (excludes halogenated alkanes) is 2. The van der Waals surface area contributed by atoms with Crippen molar-refractivity contribution < 1.29 is 9.21 Å². The molecule has 1 aromatic carbocycles. The molecule has 2 heterocycles. The molecule has 0 atom stereocenters. The fourth-order valence-electron chi connectivity index (χ4n) is 2.83. The summed E-state index contributed by atoms with van der Waals surface area (Å²) in [5, 5.41) is 7.50. The molecule has 1 N–H and O–H groups in total. The zero-order valence-corrected chi connectivity index (χ0v) is 16.3. The van der Waals surface area contributed by atoms with E-state index in [4.69, 9.17) is 4.42 Å². The Morgan fingerprint density at radius 2 is 2.00 bits per heavy atom. The monoisotopic (exact) mass is 415 g/mol. The second-order valence-corrected chi connectivity index (χ2v) is 7.10. The van der Waals surface area contributed by atoms with Gasteiger partial charge in [-0.25, -0.2) is 0 Å². The van der Waals surface area contributed by atoms with Crippen LogP contribution in [0, 0.1) is 0 Å². The number of halogens is 1. The number of nitrogens with one attached hydrogen (secondary N) is 1. The van der Waals surface area contributed by atoms with Crippen molar-refractivity contribution in [2.75, 3.05) is 13.6 Å². The van der Waals surface area contributed by atoms with Gasteiger partial charge in [-0.05, 0) is 41.3 Å². The minimum atomic E-state index is -0.0134. The first kappa shape index (κ1) is 18.5. The highest BCUT2D eigenvalue weighted by molar-refractivity contribution is 9.10. The van der Waals surface area contributed by atoms with Gasteiger partial charge in [-0.3, -0.25) is 9.89 Å². The van der Waals surface area contributed by atoms with Crippen molar-refractivity contribution in [3.05, 3.63) is 64.7 Å². The lowest BCUT2D eigenvalue weighted by Gasteiger charge is -2.15. The molecule has 2 aromatic heterocycles. The molecule has 26 heavy (non-hydrogen) atoms. The number of amides is 1. The molecule has 0 aliphatic heterocycles. The number of nitrogens with zero attached hydrogens (tertiary/aromatic N) is 2. The van der Waals surface area contributed by atoms with Crippen LogP contribution in [0.4, 0.5) is 0 Å². The fraction of sp³-hybridized carbons (Fsp3) is 0.300. The summed E-state index contributed by atoms with van der Waals surface area (Å²) < 4.78 is 5.69. The number of hydrogen-bond acceptors (Lipinski definition) is 3. The maximum atomic E-state index is 12.2. The van der Waals surface area contributed by atoms with Gasteiger partial charge in [0.1, 0.15) is 6.26 Å². The molecule has 0 spiro atoms. The highest BCUT2D eigenvalue weighted by atomic mass is 79.9. The Kier molecular flexibility index (Phi) is 6.28. The van der Waals surface area contributed by atoms with E-state index in [-0.39, 0.29) is 5.91 Å². The summed E-state index contributed by atoms with van der Waals surface area (Å²) in [5.41, 5.74) is 3.83. The Morgan fingerprint density at radius 3 is 2.73 bits per heavy atom. The van der Waals surface area contributed by atoms with Gasteiger partial charge in [0.05, 0.1) is 11.3 Å². The van der Waals surface area contributed by atoms with Crippen LogP contribution in [0.2, 0.25) is 0 Å². The van der Waals surface area contributed by atoms with Gasteiger partial charge in [0.25, 0.3) is 5.91 Å². The Bertz CT molecular complexity index is 842. The third kappa shape index (κ3) is 4.85. The second kappa shape index (κ2) is 8.85. The number of carbonyl (C=O) groups is 1. The molecule has 0 radical (unpaired) electrons. The smallest absolute Gasteiger partial charge is 0.256 e. The van der Waals surface area contributed by atoms with Gasteiger partial charge in [0, 0.05) is 30.9 Å². The van der Waals surface area contributed by atoms with E-state index in [1.54, 1.807) is 11.0 Å². The molecule has 0 saturated carbocycles. The van der Waals surface area contributed by atoms with Crippen LogP contribution in [0.15, 0.2) is 57.8 Å². The molecular formula is C20H22BrN3O2. The molecule has 3 rings (SSSR count). The zero-order chi connectivity index (χ0) is 18.4. The van der Waals surface area contributed by atoms with Crippen LogP contribution in [-0.4, -0.2) is 34.6 Å². The van der Waals surface area contributed by atoms with E-state index in [1.165, 1.54) is 6.26 Å². The molecule has 5 nitrogen and oxygen atoms in total. The Hall–Kier alpha value is -2.34. The Labute approximate surface area is 161 Å². The number of furan rings is 1. The van der Waals surface area contributed by atoms with E-state index in [0.717, 1.165) is 49.2 Å². The van der Waals surface area contributed by atoms with Crippen LogP contribution in [0.25, 0.3) is 11.3 Å². The number of hydrogen-bond donors (Lipinski definition) is 1. The fourth-order valence-corrected chi connectivity index (χ4v) is 3.17. The maximum Gasteiger partial charge on any atom is 0.256 e. The van der Waals surface area contributed by atoms with Crippen LogP contribution >= 0.6 is 15.9 Å². The number of carbonyl (C=O) groups excluding carboxylic acids is 1. The molecule has 6 heteroatoms. The summed E-state index contributed by atoms with van der Waals surface area (Å²) in [5.74, 6) is -0.0134. The predicted octanol–water partition coefficient (Wildman–Crippen LogP) is 4.92. The van der Waals surface area contributed by atoms with Crippen LogP contribution in [0.3, 0.4) is 0 Å². The van der Waals surface area contributed by atoms with E-state index in [2.05, 4.69) is 44.3 Å². The third-order valence-electron chi connectivity index (χ3n) is 4.30. The van der Waals surface area contributed by atoms with Gasteiger partial charge in [-0.2, -0.15) is 5.10 Å². The van der Waals surface area contributed by atoms with E-state index in [9.17, 15) is 4.79 Å². The predicted molar refractivity (Wildman–Crippen MR) is 105 cm³/mol. The Morgan fingerprint density at radius 1 is 1.19 bits per heavy atom. The second-order valence-electron chi connectivity index (χ2n) is 6.32. The van der Waals surface area contributed by atoms with Crippen molar-refractivity contribution in [2.24, 2.45) is 0 Å². The largest absolute Gasteiger partial charge is 0.457 e. The molecule has 0 saturated heterocycles. The lowest BCUT2D eigenvalue weighted by Crippen LogP contribution is -2.27. The molecule has 1 amide bonds. The molecule has 0 aliphatic carbocycles. The summed E-state index contributed by atoms with van der Waals surface area (Å²) in [6.45, 7) is 0.736. The van der Waals surface area contributed by atoms with Crippen molar-refractivity contribution in [1.29, 1.82) is 0 Å². The molecule has 0 bridgehead atoms. The summed E-state index contributed by atoms with van der Waals surface area (Å²) in [4.78, 5) is 13.9. The molecule has 0 aliphatic rings. The van der Waals surface area contributed by atoms with Crippen LogP contribution in [0.1, 0.15) is 35.3 Å². The molecule has 0 unspecified atom stereocenters. The average Bonchev–Trinajstić information content (AvgIpc) is 3.30. The van der Waals surface area contributed by atoms with E-state index in [0.29, 0.717) is 10.2 Å². The summed E-state index contributed by atoms with van der Waals surface area (Å²) in [7, 11) is 1.82. The Balaban J connectivity index is 1.38. The quantitative estimate of drug-likeness (QED) is 0.531. The lowest BCUT2D eigenvalue weighted by molar-refractivity contribution is 0.0792. The lowest BCUT2D eigenvalue weighted by atomic mass is 10.1. The summed E-state index contributed by atoms with van der Waals surface area (Å²) in [6, 6.07) is 14.0. The highest BCUT2D eigenvalue weighted by Crippen LogP contribution is 2.18. The normalized spacial score (nSPS) is 10.8. The van der Waals surface area contributed by atoms with Crippen molar-refractivity contribution in [2.45, 2.75) is 25.7 Å². The molecule has 3 aromatic rings. The van der Waals surface area contributed by atoms with Crippen LogP contribution in [0.5, 0.6) is 0 Å². The zero-order valence-electron chi connectivity index (χ0n) is 14.7. The first-order chi connectivity index (χ1) is 12.6. The SMILES string of the molecule is CN(CCCCCc1cc(-c2ccccc2)n[nH]1)C(=O)c1coc(Br)c1. The molecule has 136 valence electrons. The summed E-state index contributed by atoms with van der Waals surface area (Å²) in [6.07, 6.45) is 5.54. The number of benzene rings is 1. The maximum absolute atomic E-state index is 12.2. The van der Waals surface area contributed by atoms with Crippen molar-refractivity contribution in [3.63, 3.8) is 0 Å². The first-order valence-corrected chi connectivity index (χ1v) is 9.52. The van der Waals surface area contributed by atoms with E-state index in [1.807, 2.05) is 25.2 Å². The minimum absolute atomic E-state index is 0.0134. The van der Waals surface area contributed by atoms with Gasteiger partial charge in [0.15, 0.2) is 4.67 Å². The van der Waals surface area contributed by atoms with Gasteiger partial charge in [-0.1, -0.05) is 36.8 Å². The van der Waals surface area contributed by atoms with Crippen LogP contribution in [-0.2, 0) is 6.42 Å². The first-order valence-electron chi connectivity index (χ1n) is 8.72. The average molecular weight is 416 g/mol. The topological polar surface area (TPSA) is 62.1 Å². The minimum Gasteiger partial charge on any atom is -0.457 e. The third-order valence-corrected chi connectivity index (χ3v) is 4.72. The van der Waals surface area contributed by atoms with Gasteiger partial charge in [0.2, 0.25) is 0 Å². The number of aromatic nitrogens is 2. The van der Waals surface area contributed by atoms with Gasteiger partial charge >= 0.3 is 0 Å².